The minimum atomic E-state index is -3.37. The van der Waals surface area contributed by atoms with Gasteiger partial charge in [0.1, 0.15) is 0 Å². The molecule has 0 aromatic heterocycles. The van der Waals surface area contributed by atoms with Crippen LogP contribution in [-0.4, -0.2) is 43.6 Å². The second-order valence-corrected chi connectivity index (χ2v) is 8.57. The number of carbonyl (C=O) groups excluding carboxylic acids is 1. The smallest absolute Gasteiger partial charge is 0.240 e. The van der Waals surface area contributed by atoms with Gasteiger partial charge in [-0.15, -0.1) is 0 Å². The Labute approximate surface area is 150 Å². The SMILES string of the molecule is NC(Cc1ccccc1)C(=O)N1CCCC1CCCCCS(N)(=O)=O. The molecule has 6 nitrogen and oxygen atoms in total. The normalized spacial score (nSPS) is 19.1. The predicted octanol–water partition coefficient (Wildman–Crippen LogP) is 1.40. The molecule has 2 rings (SSSR count). The summed E-state index contributed by atoms with van der Waals surface area (Å²) in [6, 6.07) is 9.54. The van der Waals surface area contributed by atoms with Crippen LogP contribution in [0, 0.1) is 0 Å². The Morgan fingerprint density at radius 2 is 1.92 bits per heavy atom. The highest BCUT2D eigenvalue weighted by atomic mass is 32.2. The number of nitrogens with two attached hydrogens (primary N) is 2. The van der Waals surface area contributed by atoms with E-state index < -0.39 is 16.1 Å². The van der Waals surface area contributed by atoms with Gasteiger partial charge >= 0.3 is 0 Å². The number of primary sulfonamides is 1. The average Bonchev–Trinajstić information content (AvgIpc) is 3.02. The number of unbranched alkanes of at least 4 members (excludes halogenated alkanes) is 2. The van der Waals surface area contributed by atoms with Crippen LogP contribution in [0.25, 0.3) is 0 Å². The number of benzene rings is 1. The molecule has 0 saturated carbocycles. The van der Waals surface area contributed by atoms with E-state index in [2.05, 4.69) is 0 Å². The fraction of sp³-hybridized carbons (Fsp3) is 0.611. The van der Waals surface area contributed by atoms with Crippen LogP contribution < -0.4 is 10.9 Å². The summed E-state index contributed by atoms with van der Waals surface area (Å²) in [4.78, 5) is 14.6. The van der Waals surface area contributed by atoms with Gasteiger partial charge in [0, 0.05) is 12.6 Å². The topological polar surface area (TPSA) is 106 Å². The van der Waals surface area contributed by atoms with Crippen molar-refractivity contribution < 1.29 is 13.2 Å². The van der Waals surface area contributed by atoms with Gasteiger partial charge in [0.25, 0.3) is 0 Å². The monoisotopic (exact) mass is 367 g/mol. The molecular formula is C18H29N3O3S. The fourth-order valence-electron chi connectivity index (χ4n) is 3.45. The quantitative estimate of drug-likeness (QED) is 0.643. The van der Waals surface area contributed by atoms with Gasteiger partial charge in [0.15, 0.2) is 0 Å². The third-order valence-corrected chi connectivity index (χ3v) is 5.60. The van der Waals surface area contributed by atoms with E-state index in [1.165, 1.54) is 0 Å². The second kappa shape index (κ2) is 9.31. The number of hydrogen-bond donors (Lipinski definition) is 2. The van der Waals surface area contributed by atoms with Gasteiger partial charge in [-0.05, 0) is 37.7 Å². The van der Waals surface area contributed by atoms with Crippen molar-refractivity contribution in [2.75, 3.05) is 12.3 Å². The number of amides is 1. The van der Waals surface area contributed by atoms with Crippen molar-refractivity contribution >= 4 is 15.9 Å². The molecule has 1 fully saturated rings. The predicted molar refractivity (Wildman–Crippen MR) is 99.3 cm³/mol. The maximum atomic E-state index is 12.7. The van der Waals surface area contributed by atoms with E-state index in [-0.39, 0.29) is 17.7 Å². The molecule has 1 saturated heterocycles. The van der Waals surface area contributed by atoms with Gasteiger partial charge in [0.2, 0.25) is 15.9 Å². The lowest BCUT2D eigenvalue weighted by molar-refractivity contribution is -0.133. The molecule has 7 heteroatoms. The Kier molecular flexibility index (Phi) is 7.40. The molecule has 1 aliphatic heterocycles. The molecule has 1 aromatic rings. The largest absolute Gasteiger partial charge is 0.338 e. The van der Waals surface area contributed by atoms with Crippen molar-refractivity contribution in [2.24, 2.45) is 10.9 Å². The summed E-state index contributed by atoms with van der Waals surface area (Å²) in [5.41, 5.74) is 7.22. The maximum Gasteiger partial charge on any atom is 0.240 e. The van der Waals surface area contributed by atoms with Gasteiger partial charge in [0.05, 0.1) is 11.8 Å². The summed E-state index contributed by atoms with van der Waals surface area (Å²) < 4.78 is 21.9. The molecule has 1 aromatic carbocycles. The lowest BCUT2D eigenvalue weighted by atomic mass is 10.0. The minimum absolute atomic E-state index is 0.0240. The first-order valence-electron chi connectivity index (χ1n) is 8.97. The van der Waals surface area contributed by atoms with E-state index in [4.69, 9.17) is 10.9 Å². The Bertz CT molecular complexity index is 649. The molecule has 0 radical (unpaired) electrons. The lowest BCUT2D eigenvalue weighted by Gasteiger charge is -2.27. The Morgan fingerprint density at radius 1 is 1.20 bits per heavy atom. The highest BCUT2D eigenvalue weighted by Crippen LogP contribution is 2.23. The summed E-state index contributed by atoms with van der Waals surface area (Å²) in [6.45, 7) is 0.767. The summed E-state index contributed by atoms with van der Waals surface area (Å²) in [6.07, 6.45) is 5.74. The van der Waals surface area contributed by atoms with Crippen LogP contribution in [0.3, 0.4) is 0 Å². The van der Waals surface area contributed by atoms with Gasteiger partial charge in [-0.2, -0.15) is 0 Å². The van der Waals surface area contributed by atoms with E-state index in [9.17, 15) is 13.2 Å². The van der Waals surface area contributed by atoms with Crippen LogP contribution in [0.4, 0.5) is 0 Å². The molecule has 2 atom stereocenters. The van der Waals surface area contributed by atoms with E-state index in [0.717, 1.165) is 44.2 Å². The molecule has 25 heavy (non-hydrogen) atoms. The minimum Gasteiger partial charge on any atom is -0.338 e. The lowest BCUT2D eigenvalue weighted by Crippen LogP contribution is -2.47. The number of nitrogens with zero attached hydrogens (tertiary/aromatic N) is 1. The Balaban J connectivity index is 1.78. The van der Waals surface area contributed by atoms with Crippen molar-refractivity contribution in [1.82, 2.24) is 4.90 Å². The summed E-state index contributed by atoms with van der Waals surface area (Å²) in [5, 5.41) is 5.00. The standard InChI is InChI=1S/C18H29N3O3S/c19-17(14-15-8-3-1-4-9-15)18(22)21-12-7-11-16(21)10-5-2-6-13-25(20,23)24/h1,3-4,8-9,16-17H,2,5-7,10-14,19H2,(H2,20,23,24). The van der Waals surface area contributed by atoms with Crippen LogP contribution in [0.2, 0.25) is 0 Å². The molecule has 0 spiro atoms. The van der Waals surface area contributed by atoms with Crippen LogP contribution in [0.1, 0.15) is 44.1 Å². The number of carbonyl (C=O) groups is 1. The highest BCUT2D eigenvalue weighted by molar-refractivity contribution is 7.89. The van der Waals surface area contributed by atoms with Crippen LogP contribution in [0.5, 0.6) is 0 Å². The van der Waals surface area contributed by atoms with Crippen LogP contribution in [-0.2, 0) is 21.2 Å². The second-order valence-electron chi connectivity index (χ2n) is 6.84. The Morgan fingerprint density at radius 3 is 2.60 bits per heavy atom. The number of hydrogen-bond acceptors (Lipinski definition) is 4. The highest BCUT2D eigenvalue weighted by Gasteiger charge is 2.31. The summed E-state index contributed by atoms with van der Waals surface area (Å²) in [7, 11) is -3.37. The van der Waals surface area contributed by atoms with E-state index in [1.54, 1.807) is 0 Å². The molecule has 2 unspecified atom stereocenters. The molecule has 1 heterocycles. The van der Waals surface area contributed by atoms with Gasteiger partial charge in [-0.25, -0.2) is 13.6 Å². The number of sulfonamides is 1. The molecule has 1 aliphatic rings. The summed E-state index contributed by atoms with van der Waals surface area (Å²) in [5.74, 6) is 0.0540. The third kappa shape index (κ3) is 6.76. The summed E-state index contributed by atoms with van der Waals surface area (Å²) >= 11 is 0. The van der Waals surface area contributed by atoms with Gasteiger partial charge in [-0.3, -0.25) is 4.79 Å². The van der Waals surface area contributed by atoms with Crippen molar-refractivity contribution in [2.45, 2.75) is 57.0 Å². The van der Waals surface area contributed by atoms with Gasteiger partial charge in [-0.1, -0.05) is 43.2 Å². The van der Waals surface area contributed by atoms with Crippen molar-refractivity contribution in [3.8, 4) is 0 Å². The zero-order valence-corrected chi connectivity index (χ0v) is 15.5. The van der Waals surface area contributed by atoms with Crippen LogP contribution in [0.15, 0.2) is 30.3 Å². The first-order chi connectivity index (χ1) is 11.9. The number of rotatable bonds is 9. The zero-order chi connectivity index (χ0) is 18.3. The Hall–Kier alpha value is -1.44. The van der Waals surface area contributed by atoms with E-state index >= 15 is 0 Å². The third-order valence-electron chi connectivity index (χ3n) is 4.74. The molecular weight excluding hydrogens is 338 g/mol. The maximum absolute atomic E-state index is 12.7. The molecule has 1 amide bonds. The molecule has 4 N–H and O–H groups in total. The molecule has 0 aliphatic carbocycles. The fourth-order valence-corrected chi connectivity index (χ4v) is 4.06. The van der Waals surface area contributed by atoms with Crippen LogP contribution >= 0.6 is 0 Å². The van der Waals surface area contributed by atoms with Crippen molar-refractivity contribution in [3.63, 3.8) is 0 Å². The van der Waals surface area contributed by atoms with E-state index in [0.29, 0.717) is 12.8 Å². The molecule has 140 valence electrons. The molecule has 0 bridgehead atoms. The van der Waals surface area contributed by atoms with Gasteiger partial charge < -0.3 is 10.6 Å². The number of likely N-dealkylation sites (tertiary alicyclic amines) is 1. The first kappa shape index (κ1) is 19.9. The van der Waals surface area contributed by atoms with Crippen molar-refractivity contribution in [1.29, 1.82) is 0 Å². The van der Waals surface area contributed by atoms with Crippen molar-refractivity contribution in [3.05, 3.63) is 35.9 Å². The average molecular weight is 368 g/mol. The van der Waals surface area contributed by atoms with E-state index in [1.807, 2.05) is 35.2 Å². The zero-order valence-electron chi connectivity index (χ0n) is 14.6. The first-order valence-corrected chi connectivity index (χ1v) is 10.7.